The molecule has 11 N–H and O–H groups in total. The van der Waals surface area contributed by atoms with Crippen LogP contribution in [0.25, 0.3) is 0 Å². The molecule has 24 heteroatoms. The first kappa shape index (κ1) is 40.0. The Morgan fingerprint density at radius 2 is 1.40 bits per heavy atom. The predicted octanol–water partition coefficient (Wildman–Crippen LogP) is -1.66. The van der Waals surface area contributed by atoms with E-state index in [1.54, 1.807) is 0 Å². The second kappa shape index (κ2) is 15.7. The van der Waals surface area contributed by atoms with Crippen molar-refractivity contribution in [3.8, 4) is 0 Å². The maximum absolute atomic E-state index is 12.6. The molecule has 0 radical (unpaired) electrons. The first-order chi connectivity index (χ1) is 23.2. The highest BCUT2D eigenvalue weighted by Crippen LogP contribution is 2.45. The van der Waals surface area contributed by atoms with Gasteiger partial charge in [0.15, 0.2) is 6.35 Å². The van der Waals surface area contributed by atoms with Gasteiger partial charge in [-0.2, -0.15) is 35.5 Å². The summed E-state index contributed by atoms with van der Waals surface area (Å²) in [6.45, 7) is 0. The smallest absolute Gasteiger partial charge is 0.308 e. The molecule has 15 unspecified atom stereocenters. The van der Waals surface area contributed by atoms with Crippen LogP contribution in [0.3, 0.4) is 0 Å². The quantitative estimate of drug-likeness (QED) is 0.0670. The summed E-state index contributed by atoms with van der Waals surface area (Å²) in [6.07, 6.45) is -3.41. The summed E-state index contributed by atoms with van der Waals surface area (Å²) in [5, 5.41) is 50.7. The number of aliphatic hydroxyl groups is 2. The molecule has 1 heterocycles. The molecular weight excluding hydrogens is 750 g/mol. The van der Waals surface area contributed by atoms with Crippen LogP contribution in [-0.4, -0.2) is 131 Å². The van der Waals surface area contributed by atoms with E-state index in [4.69, 9.17) is 11.6 Å². The molecule has 4 aliphatic carbocycles. The van der Waals surface area contributed by atoms with E-state index in [0.717, 1.165) is 0 Å². The van der Waals surface area contributed by atoms with Crippen molar-refractivity contribution < 1.29 is 59.0 Å². The number of halogens is 1. The molecule has 15 atom stereocenters. The summed E-state index contributed by atoms with van der Waals surface area (Å²) in [4.78, 5) is 11.9. The molecule has 0 aromatic rings. The molecule has 20 nitrogen and oxygen atoms in total. The van der Waals surface area contributed by atoms with E-state index < -0.39 is 118 Å². The summed E-state index contributed by atoms with van der Waals surface area (Å²) in [5.74, 6) is -3.97. The van der Waals surface area contributed by atoms with Crippen LogP contribution >= 0.6 is 11.6 Å². The van der Waals surface area contributed by atoms with Crippen molar-refractivity contribution in [3.05, 3.63) is 0 Å². The van der Waals surface area contributed by atoms with Crippen molar-refractivity contribution in [1.82, 2.24) is 26.6 Å². The number of fused-ring (bicyclic) bond motifs is 1. The highest BCUT2D eigenvalue weighted by molar-refractivity contribution is 7.87. The minimum atomic E-state index is -4.90. The van der Waals surface area contributed by atoms with Gasteiger partial charge in [-0.05, 0) is 63.7 Å². The molecule has 50 heavy (non-hydrogen) atoms. The molecule has 0 aromatic carbocycles. The average molecular weight is 796 g/mol. The first-order valence-corrected chi connectivity index (χ1v) is 21.5. The zero-order chi connectivity index (χ0) is 36.8. The third-order valence-electron chi connectivity index (χ3n) is 10.8. The lowest BCUT2D eigenvalue weighted by Gasteiger charge is -2.51. The van der Waals surface area contributed by atoms with Crippen LogP contribution in [0.2, 0.25) is 0 Å². The lowest BCUT2D eigenvalue weighted by Crippen LogP contribution is -2.77. The number of rotatable bonds is 10. The molecule has 5 rings (SSSR count). The summed E-state index contributed by atoms with van der Waals surface area (Å²) in [5.41, 5.74) is 0. The van der Waals surface area contributed by atoms with Crippen molar-refractivity contribution in [2.45, 2.75) is 135 Å². The van der Waals surface area contributed by atoms with Crippen LogP contribution in [0.15, 0.2) is 10.2 Å². The number of nitrogens with one attached hydrogen (secondary N) is 5. The van der Waals surface area contributed by atoms with Crippen molar-refractivity contribution in [3.63, 3.8) is 0 Å². The summed E-state index contributed by atoms with van der Waals surface area (Å²) >= 11 is 6.16. The second-order valence-electron chi connectivity index (χ2n) is 14.1. The molecule has 288 valence electrons. The van der Waals surface area contributed by atoms with Gasteiger partial charge in [0, 0.05) is 23.4 Å². The fourth-order valence-electron chi connectivity index (χ4n) is 8.38. The number of aliphatic carboxylic acids is 1. The van der Waals surface area contributed by atoms with Crippen molar-refractivity contribution >= 4 is 47.9 Å². The van der Waals surface area contributed by atoms with E-state index in [2.05, 4.69) is 36.8 Å². The molecule has 1 aliphatic heterocycles. The van der Waals surface area contributed by atoms with Crippen LogP contribution in [-0.2, 0) is 35.1 Å². The van der Waals surface area contributed by atoms with Gasteiger partial charge in [-0.3, -0.25) is 45.0 Å². The average Bonchev–Trinajstić information content (AvgIpc) is 2.99. The molecule has 0 bridgehead atoms. The number of alkyl halides is 1. The van der Waals surface area contributed by atoms with Crippen LogP contribution in [0.4, 0.5) is 0 Å². The highest BCUT2D eigenvalue weighted by atomic mass is 35.5. The number of carboxylic acids is 1. The molecule has 5 aliphatic rings. The Bertz CT molecular complexity index is 1590. The normalized spacial score (nSPS) is 43.7. The molecule has 4 saturated carbocycles. The van der Waals surface area contributed by atoms with Crippen molar-refractivity contribution in [1.29, 1.82) is 0 Å². The summed E-state index contributed by atoms with van der Waals surface area (Å²) < 4.78 is 103. The Labute approximate surface area is 295 Å². The number of hydrogen-bond donors (Lipinski definition) is 11. The zero-order valence-corrected chi connectivity index (χ0v) is 30.0. The van der Waals surface area contributed by atoms with E-state index in [1.165, 1.54) is 0 Å². The van der Waals surface area contributed by atoms with E-state index in [-0.39, 0.29) is 44.6 Å². The van der Waals surface area contributed by atoms with Gasteiger partial charge in [0.1, 0.15) is 23.9 Å². The Kier molecular flexibility index (Phi) is 12.5. The monoisotopic (exact) mass is 795 g/mol. The van der Waals surface area contributed by atoms with Crippen LogP contribution < -0.4 is 26.6 Å². The largest absolute Gasteiger partial charge is 0.481 e. The number of carbonyl (C=O) groups is 1. The maximum Gasteiger partial charge on any atom is 0.308 e. The van der Waals surface area contributed by atoms with Gasteiger partial charge in [0.05, 0.1) is 28.6 Å². The molecule has 0 amide bonds. The van der Waals surface area contributed by atoms with E-state index in [9.17, 15) is 59.0 Å². The third-order valence-corrected chi connectivity index (χ3v) is 14.9. The van der Waals surface area contributed by atoms with Gasteiger partial charge in [0.25, 0.3) is 30.4 Å². The zero-order valence-electron chi connectivity index (χ0n) is 26.8. The second-order valence-corrected chi connectivity index (χ2v) is 19.7. The lowest BCUT2D eigenvalue weighted by atomic mass is 9.65. The van der Waals surface area contributed by atoms with Gasteiger partial charge in [0.2, 0.25) is 0 Å². The van der Waals surface area contributed by atoms with Crippen LogP contribution in [0.5, 0.6) is 0 Å². The Morgan fingerprint density at radius 3 is 2.02 bits per heavy atom. The van der Waals surface area contributed by atoms with Crippen LogP contribution in [0.1, 0.15) is 64.2 Å². The molecule has 5 fully saturated rings. The first-order valence-electron chi connectivity index (χ1n) is 16.5. The van der Waals surface area contributed by atoms with E-state index in [0.29, 0.717) is 25.7 Å². The van der Waals surface area contributed by atoms with Crippen molar-refractivity contribution in [2.24, 2.45) is 28.0 Å². The highest BCUT2D eigenvalue weighted by Gasteiger charge is 2.56. The summed E-state index contributed by atoms with van der Waals surface area (Å²) in [6, 6.07) is -3.77. The van der Waals surface area contributed by atoms with Gasteiger partial charge < -0.3 is 15.3 Å². The fraction of sp³-hybridized carbons (Fsp3) is 0.962. The lowest BCUT2D eigenvalue weighted by molar-refractivity contribution is -0.143. The SMILES string of the molecule is O=C(O)C1CC(Cl)CCC1N=NC1C(O)C2C(CC(S(=O)(=O)O)CC2NC2NC(O)NC(NC3CCCC(S(=O)(=O)O)C3)N2)CC1S(=O)(=O)O. The number of carboxylic acid groups (broad SMARTS) is 1. The molecule has 0 spiro atoms. The Hall–Kier alpha value is -1.19. The molecule has 1 saturated heterocycles. The predicted molar refractivity (Wildman–Crippen MR) is 175 cm³/mol. The van der Waals surface area contributed by atoms with Gasteiger partial charge >= 0.3 is 5.97 Å². The fourth-order valence-corrected chi connectivity index (χ4v) is 11.6. The van der Waals surface area contributed by atoms with Gasteiger partial charge in [-0.15, -0.1) is 11.6 Å². The minimum absolute atomic E-state index is 0.100. The number of nitrogens with zero attached hydrogens (tertiary/aromatic N) is 2. The minimum Gasteiger partial charge on any atom is -0.481 e. The van der Waals surface area contributed by atoms with E-state index >= 15 is 0 Å². The standard InChI is InChI=1S/C26H46ClN7O13S3/c27-12-4-5-17(16(8-12)23(36)37)33-34-21-19(50(45,46)47)7-11-6-15(49(42,43)44)10-18(20(11)22(21)35)29-25-30-24(31-26(38)32-25)28-13-2-1-3-14(9-13)48(39,40)41/h11-22,24-26,28-32,35,38H,1-10H2,(H,36,37)(H,39,40,41)(H,42,43,44)(H,45,46,47). The summed E-state index contributed by atoms with van der Waals surface area (Å²) in [7, 11) is -13.8. The number of aliphatic hydroxyl groups excluding tert-OH is 2. The molecule has 0 aromatic heterocycles. The Morgan fingerprint density at radius 1 is 0.740 bits per heavy atom. The third kappa shape index (κ3) is 9.67. The van der Waals surface area contributed by atoms with Crippen molar-refractivity contribution in [2.75, 3.05) is 0 Å². The maximum atomic E-state index is 12.6. The van der Waals surface area contributed by atoms with E-state index in [1.807, 2.05) is 0 Å². The molecular formula is C26H46ClN7O13S3. The Balaban J connectivity index is 1.37. The number of hydrogen-bond acceptors (Lipinski definition) is 16. The topological polar surface area (TPSA) is 326 Å². The number of azo groups is 1. The van der Waals surface area contributed by atoms with Gasteiger partial charge in [-0.1, -0.05) is 6.42 Å². The van der Waals surface area contributed by atoms with Gasteiger partial charge in [-0.25, -0.2) is 0 Å². The van der Waals surface area contributed by atoms with Crippen LogP contribution in [0, 0.1) is 17.8 Å².